The van der Waals surface area contributed by atoms with Gasteiger partial charge in [-0.25, -0.2) is 4.72 Å². The van der Waals surface area contributed by atoms with E-state index in [1.54, 1.807) is 17.9 Å². The Morgan fingerprint density at radius 1 is 1.58 bits per heavy atom. The van der Waals surface area contributed by atoms with Crippen LogP contribution in [0.2, 0.25) is 0 Å². The fourth-order valence-electron chi connectivity index (χ4n) is 1.44. The first-order chi connectivity index (χ1) is 8.83. The van der Waals surface area contributed by atoms with Gasteiger partial charge in [0, 0.05) is 45.5 Å². The van der Waals surface area contributed by atoms with Crippen LogP contribution in [-0.2, 0) is 28.5 Å². The first-order valence-electron chi connectivity index (χ1n) is 5.72. The van der Waals surface area contributed by atoms with E-state index in [2.05, 4.69) is 9.82 Å². The molecule has 0 atom stereocenters. The minimum atomic E-state index is -3.63. The molecule has 0 saturated carbocycles. The summed E-state index contributed by atoms with van der Waals surface area (Å²) in [6.07, 6.45) is 1.93. The van der Waals surface area contributed by atoms with E-state index in [0.717, 1.165) is 10.00 Å². The van der Waals surface area contributed by atoms with E-state index < -0.39 is 16.2 Å². The average Bonchev–Trinajstić information content (AvgIpc) is 2.71. The van der Waals surface area contributed by atoms with Crippen molar-refractivity contribution in [3.8, 4) is 0 Å². The summed E-state index contributed by atoms with van der Waals surface area (Å²) >= 11 is 0. The van der Waals surface area contributed by atoms with Gasteiger partial charge in [0.25, 0.3) is 10.2 Å². The lowest BCUT2D eigenvalue weighted by molar-refractivity contribution is -0.137. The number of rotatable bonds is 8. The van der Waals surface area contributed by atoms with E-state index in [1.807, 2.05) is 6.07 Å². The zero-order chi connectivity index (χ0) is 14.5. The Labute approximate surface area is 112 Å². The number of carboxylic acids is 1. The minimum absolute atomic E-state index is 0.0591. The Bertz CT molecular complexity index is 525. The van der Waals surface area contributed by atoms with Crippen LogP contribution in [0.25, 0.3) is 0 Å². The summed E-state index contributed by atoms with van der Waals surface area (Å²) < 4.78 is 28.6. The van der Waals surface area contributed by atoms with Gasteiger partial charge in [0.15, 0.2) is 0 Å². The largest absolute Gasteiger partial charge is 0.481 e. The maximum absolute atomic E-state index is 11.8. The van der Waals surface area contributed by atoms with Crippen molar-refractivity contribution in [2.75, 3.05) is 20.1 Å². The zero-order valence-corrected chi connectivity index (χ0v) is 11.7. The number of nitrogens with one attached hydrogen (secondary N) is 1. The fourth-order valence-corrected chi connectivity index (χ4v) is 2.35. The highest BCUT2D eigenvalue weighted by Gasteiger charge is 2.17. The van der Waals surface area contributed by atoms with Crippen LogP contribution in [0, 0.1) is 0 Å². The molecular weight excluding hydrogens is 272 g/mol. The van der Waals surface area contributed by atoms with E-state index in [4.69, 9.17) is 5.11 Å². The topological polar surface area (TPSA) is 105 Å². The predicted molar refractivity (Wildman–Crippen MR) is 68.7 cm³/mol. The van der Waals surface area contributed by atoms with Gasteiger partial charge in [-0.2, -0.15) is 17.8 Å². The molecule has 1 rings (SSSR count). The van der Waals surface area contributed by atoms with Crippen molar-refractivity contribution in [1.29, 1.82) is 0 Å². The van der Waals surface area contributed by atoms with Gasteiger partial charge in [0.2, 0.25) is 0 Å². The Morgan fingerprint density at radius 3 is 2.79 bits per heavy atom. The lowest BCUT2D eigenvalue weighted by atomic mass is 10.3. The molecule has 0 aromatic carbocycles. The van der Waals surface area contributed by atoms with E-state index in [1.165, 1.54) is 7.05 Å². The van der Waals surface area contributed by atoms with Crippen LogP contribution >= 0.6 is 0 Å². The van der Waals surface area contributed by atoms with Crippen LogP contribution in [0.1, 0.15) is 12.1 Å². The molecule has 1 aromatic rings. The van der Waals surface area contributed by atoms with Crippen molar-refractivity contribution in [2.45, 2.75) is 12.8 Å². The molecule has 0 amide bonds. The second kappa shape index (κ2) is 6.64. The number of hydrogen-bond acceptors (Lipinski definition) is 4. The highest BCUT2D eigenvalue weighted by atomic mass is 32.2. The second-order valence-electron chi connectivity index (χ2n) is 4.06. The Hall–Kier alpha value is -1.45. The van der Waals surface area contributed by atoms with Gasteiger partial charge < -0.3 is 5.11 Å². The zero-order valence-electron chi connectivity index (χ0n) is 10.9. The molecule has 0 aliphatic heterocycles. The third kappa shape index (κ3) is 4.97. The van der Waals surface area contributed by atoms with Crippen molar-refractivity contribution in [3.05, 3.63) is 18.0 Å². The summed E-state index contributed by atoms with van der Waals surface area (Å²) in [5.41, 5.74) is 0.913. The first kappa shape index (κ1) is 15.6. The maximum atomic E-state index is 11.8. The van der Waals surface area contributed by atoms with E-state index in [-0.39, 0.29) is 19.5 Å². The van der Waals surface area contributed by atoms with Gasteiger partial charge in [-0.1, -0.05) is 0 Å². The first-order valence-corrected chi connectivity index (χ1v) is 7.16. The SMILES string of the molecule is CN(CCC(=O)O)S(=O)(=O)NCCc1ccnn1C. The lowest BCUT2D eigenvalue weighted by Gasteiger charge is -2.16. The van der Waals surface area contributed by atoms with Gasteiger partial charge in [0.05, 0.1) is 6.42 Å². The smallest absolute Gasteiger partial charge is 0.304 e. The van der Waals surface area contributed by atoms with Crippen LogP contribution in [-0.4, -0.2) is 53.7 Å². The summed E-state index contributed by atoms with van der Waals surface area (Å²) in [6.45, 7) is 0.176. The molecule has 0 bridgehead atoms. The number of hydrogen-bond donors (Lipinski definition) is 2. The van der Waals surface area contributed by atoms with Gasteiger partial charge >= 0.3 is 5.97 Å². The molecule has 9 heteroatoms. The molecule has 1 heterocycles. The lowest BCUT2D eigenvalue weighted by Crippen LogP contribution is -2.40. The van der Waals surface area contributed by atoms with Crippen LogP contribution in [0.5, 0.6) is 0 Å². The van der Waals surface area contributed by atoms with Gasteiger partial charge in [-0.3, -0.25) is 9.48 Å². The van der Waals surface area contributed by atoms with Crippen molar-refractivity contribution in [1.82, 2.24) is 18.8 Å². The van der Waals surface area contributed by atoms with Crippen LogP contribution < -0.4 is 4.72 Å². The number of carbonyl (C=O) groups is 1. The van der Waals surface area contributed by atoms with E-state index >= 15 is 0 Å². The Kier molecular flexibility index (Phi) is 5.45. The fraction of sp³-hybridized carbons (Fsp3) is 0.600. The molecule has 0 saturated heterocycles. The molecule has 0 unspecified atom stereocenters. The molecule has 8 nitrogen and oxygen atoms in total. The highest BCUT2D eigenvalue weighted by molar-refractivity contribution is 7.87. The van der Waals surface area contributed by atoms with Gasteiger partial charge in [-0.15, -0.1) is 0 Å². The summed E-state index contributed by atoms with van der Waals surface area (Å²) in [5, 5.41) is 12.5. The van der Waals surface area contributed by atoms with Gasteiger partial charge in [-0.05, 0) is 6.07 Å². The molecule has 108 valence electrons. The average molecular weight is 290 g/mol. The molecule has 0 aliphatic rings. The normalized spacial score (nSPS) is 11.9. The Morgan fingerprint density at radius 2 is 2.26 bits per heavy atom. The number of aliphatic carboxylic acids is 1. The van der Waals surface area contributed by atoms with Crippen molar-refractivity contribution in [3.63, 3.8) is 0 Å². The molecule has 19 heavy (non-hydrogen) atoms. The molecule has 0 spiro atoms. The monoisotopic (exact) mass is 290 g/mol. The molecule has 1 aromatic heterocycles. The third-order valence-corrected chi connectivity index (χ3v) is 4.21. The Balaban J connectivity index is 2.42. The molecule has 0 radical (unpaired) electrons. The van der Waals surface area contributed by atoms with Crippen molar-refractivity contribution in [2.24, 2.45) is 7.05 Å². The number of carboxylic acid groups (broad SMARTS) is 1. The molecule has 2 N–H and O–H groups in total. The molecular formula is C10H18N4O4S. The molecule has 0 fully saturated rings. The van der Waals surface area contributed by atoms with Crippen LogP contribution in [0.3, 0.4) is 0 Å². The number of nitrogens with zero attached hydrogens (tertiary/aromatic N) is 3. The minimum Gasteiger partial charge on any atom is -0.481 e. The van der Waals surface area contributed by atoms with Crippen LogP contribution in [0.15, 0.2) is 12.3 Å². The van der Waals surface area contributed by atoms with E-state index in [9.17, 15) is 13.2 Å². The third-order valence-electron chi connectivity index (χ3n) is 2.64. The number of aromatic nitrogens is 2. The summed E-state index contributed by atoms with van der Waals surface area (Å²) in [6, 6.07) is 1.81. The summed E-state index contributed by atoms with van der Waals surface area (Å²) in [5.74, 6) is -1.03. The van der Waals surface area contributed by atoms with Gasteiger partial charge in [0.1, 0.15) is 0 Å². The van der Waals surface area contributed by atoms with E-state index in [0.29, 0.717) is 6.42 Å². The van der Waals surface area contributed by atoms with Crippen LogP contribution in [0.4, 0.5) is 0 Å². The summed E-state index contributed by atoms with van der Waals surface area (Å²) in [4.78, 5) is 10.4. The van der Waals surface area contributed by atoms with Crippen molar-refractivity contribution < 1.29 is 18.3 Å². The van der Waals surface area contributed by atoms with Crippen molar-refractivity contribution >= 4 is 16.2 Å². The molecule has 0 aliphatic carbocycles. The quantitative estimate of drug-likeness (QED) is 0.652. The second-order valence-corrected chi connectivity index (χ2v) is 5.92. The predicted octanol–water partition coefficient (Wildman–Crippen LogP) is -0.796. The number of aryl methyl sites for hydroxylation is 1. The standard InChI is InChI=1S/C10H18N4O4S/c1-13(8-5-10(15)16)19(17,18)12-7-4-9-3-6-11-14(9)2/h3,6,12H,4-5,7-8H2,1-2H3,(H,15,16). The maximum Gasteiger partial charge on any atom is 0.304 e. The highest BCUT2D eigenvalue weighted by Crippen LogP contribution is 1.99. The summed E-state index contributed by atoms with van der Waals surface area (Å²) in [7, 11) is -0.509.